The van der Waals surface area contributed by atoms with Crippen LogP contribution in [0.2, 0.25) is 0 Å². The Bertz CT molecular complexity index is 739. The fourth-order valence-electron chi connectivity index (χ4n) is 2.36. The van der Waals surface area contributed by atoms with E-state index < -0.39 is 0 Å². The Morgan fingerprint density at radius 3 is 2.72 bits per heavy atom. The van der Waals surface area contributed by atoms with Crippen LogP contribution in [0.15, 0.2) is 30.5 Å². The number of aromatic hydroxyl groups is 1. The molecule has 0 aliphatic rings. The first kappa shape index (κ1) is 10.7. The number of rotatable bonds is 1. The summed E-state index contributed by atoms with van der Waals surface area (Å²) in [7, 11) is 3.79. The summed E-state index contributed by atoms with van der Waals surface area (Å²) in [5.41, 5.74) is 8.50. The van der Waals surface area contributed by atoms with Crippen LogP contribution in [0.1, 0.15) is 0 Å². The van der Waals surface area contributed by atoms with E-state index in [-0.39, 0.29) is 5.75 Å². The largest absolute Gasteiger partial charge is 0.507 e. The van der Waals surface area contributed by atoms with Crippen molar-refractivity contribution in [1.29, 1.82) is 0 Å². The molecule has 5 heteroatoms. The lowest BCUT2D eigenvalue weighted by Gasteiger charge is -2.01. The first-order chi connectivity index (χ1) is 8.58. The Labute approximate surface area is 104 Å². The Hall–Kier alpha value is -2.43. The van der Waals surface area contributed by atoms with Gasteiger partial charge >= 0.3 is 0 Å². The molecule has 0 saturated carbocycles. The van der Waals surface area contributed by atoms with Gasteiger partial charge < -0.3 is 15.4 Å². The fraction of sp³-hybridized carbons (Fsp3) is 0.154. The molecule has 18 heavy (non-hydrogen) atoms. The van der Waals surface area contributed by atoms with Gasteiger partial charge in [0, 0.05) is 31.9 Å². The first-order valence-electron chi connectivity index (χ1n) is 5.65. The molecule has 0 fully saturated rings. The molecular weight excluding hydrogens is 228 g/mol. The molecule has 2 heterocycles. The molecule has 0 aliphatic heterocycles. The molecule has 3 rings (SSSR count). The van der Waals surface area contributed by atoms with E-state index in [0.717, 1.165) is 22.2 Å². The molecule has 0 spiro atoms. The van der Waals surface area contributed by atoms with Gasteiger partial charge in [-0.25, -0.2) is 0 Å². The van der Waals surface area contributed by atoms with E-state index >= 15 is 0 Å². The number of hydrogen-bond acceptors (Lipinski definition) is 3. The van der Waals surface area contributed by atoms with Crippen molar-refractivity contribution >= 4 is 16.7 Å². The highest BCUT2D eigenvalue weighted by molar-refractivity contribution is 5.99. The average Bonchev–Trinajstić information content (AvgIpc) is 2.81. The molecule has 0 unspecified atom stereocenters. The molecule has 3 aromatic rings. The molecule has 92 valence electrons. The lowest BCUT2D eigenvalue weighted by molar-refractivity contribution is 0.482. The molecule has 0 amide bonds. The van der Waals surface area contributed by atoms with E-state index in [0.29, 0.717) is 5.82 Å². The minimum Gasteiger partial charge on any atom is -0.507 e. The van der Waals surface area contributed by atoms with E-state index in [1.54, 1.807) is 16.8 Å². The number of phenolic OH excluding ortho intramolecular Hbond substituents is 1. The number of aromatic nitrogens is 3. The van der Waals surface area contributed by atoms with Crippen molar-refractivity contribution in [2.24, 2.45) is 14.1 Å². The van der Waals surface area contributed by atoms with Gasteiger partial charge in [0.1, 0.15) is 11.6 Å². The van der Waals surface area contributed by atoms with Crippen molar-refractivity contribution < 1.29 is 5.11 Å². The molecule has 5 nitrogen and oxygen atoms in total. The molecule has 2 aromatic heterocycles. The maximum atomic E-state index is 10.1. The van der Waals surface area contributed by atoms with Crippen molar-refractivity contribution in [3.63, 3.8) is 0 Å². The van der Waals surface area contributed by atoms with Crippen LogP contribution in [0.25, 0.3) is 22.2 Å². The second kappa shape index (κ2) is 3.53. The predicted molar refractivity (Wildman–Crippen MR) is 71.2 cm³/mol. The molecule has 3 N–H and O–H groups in total. The van der Waals surface area contributed by atoms with Gasteiger partial charge in [0.2, 0.25) is 0 Å². The lowest BCUT2D eigenvalue weighted by Crippen LogP contribution is -1.94. The maximum Gasteiger partial charge on any atom is 0.146 e. The third kappa shape index (κ3) is 1.37. The molecular formula is C13H14N4O. The SMILES string of the molecule is Cn1nc(N)cc1-c1cn(C)c2cccc(O)c12. The Morgan fingerprint density at radius 2 is 2.06 bits per heavy atom. The van der Waals surface area contributed by atoms with Crippen molar-refractivity contribution in [2.75, 3.05) is 5.73 Å². The number of aryl methyl sites for hydroxylation is 2. The van der Waals surface area contributed by atoms with Crippen LogP contribution in [0.4, 0.5) is 5.82 Å². The zero-order chi connectivity index (χ0) is 12.9. The van der Waals surface area contributed by atoms with Gasteiger partial charge in [0.05, 0.1) is 16.6 Å². The monoisotopic (exact) mass is 242 g/mol. The Morgan fingerprint density at radius 1 is 1.28 bits per heavy atom. The predicted octanol–water partition coefficient (Wildman–Crippen LogP) is 1.87. The summed E-state index contributed by atoms with van der Waals surface area (Å²) < 4.78 is 3.70. The maximum absolute atomic E-state index is 10.1. The standard InChI is InChI=1S/C13H14N4O/c1-16-7-8(10-6-12(14)15-17(10)2)13-9(16)4-3-5-11(13)18/h3-7,18H,1-2H3,(H2,14,15). The minimum absolute atomic E-state index is 0.267. The number of nitrogens with two attached hydrogens (primary N) is 1. The number of benzene rings is 1. The summed E-state index contributed by atoms with van der Waals surface area (Å²) in [6.45, 7) is 0. The molecule has 0 aliphatic carbocycles. The van der Waals surface area contributed by atoms with Crippen LogP contribution < -0.4 is 5.73 Å². The van der Waals surface area contributed by atoms with Crippen molar-refractivity contribution in [1.82, 2.24) is 14.3 Å². The second-order valence-electron chi connectivity index (χ2n) is 4.40. The number of phenols is 1. The van der Waals surface area contributed by atoms with E-state index in [2.05, 4.69) is 5.10 Å². The van der Waals surface area contributed by atoms with Gasteiger partial charge in [-0.05, 0) is 12.1 Å². The third-order valence-corrected chi connectivity index (χ3v) is 3.17. The van der Waals surface area contributed by atoms with Gasteiger partial charge in [-0.3, -0.25) is 4.68 Å². The fourth-order valence-corrected chi connectivity index (χ4v) is 2.36. The highest BCUT2D eigenvalue weighted by Gasteiger charge is 2.15. The van der Waals surface area contributed by atoms with Crippen molar-refractivity contribution in [3.05, 3.63) is 30.5 Å². The third-order valence-electron chi connectivity index (χ3n) is 3.17. The lowest BCUT2D eigenvalue weighted by atomic mass is 10.1. The molecule has 0 bridgehead atoms. The van der Waals surface area contributed by atoms with Gasteiger partial charge in [-0.2, -0.15) is 5.10 Å². The number of nitrogens with zero attached hydrogens (tertiary/aromatic N) is 3. The number of fused-ring (bicyclic) bond motifs is 1. The molecule has 1 aromatic carbocycles. The smallest absolute Gasteiger partial charge is 0.146 e. The number of anilines is 1. The minimum atomic E-state index is 0.267. The van der Waals surface area contributed by atoms with Gasteiger partial charge in [0.25, 0.3) is 0 Å². The summed E-state index contributed by atoms with van der Waals surface area (Å²) in [6, 6.07) is 7.30. The highest BCUT2D eigenvalue weighted by atomic mass is 16.3. The summed E-state index contributed by atoms with van der Waals surface area (Å²) >= 11 is 0. The molecule has 0 atom stereocenters. The van der Waals surface area contributed by atoms with Crippen molar-refractivity contribution in [3.8, 4) is 17.0 Å². The van der Waals surface area contributed by atoms with Crippen LogP contribution in [0.3, 0.4) is 0 Å². The summed E-state index contributed by atoms with van der Waals surface area (Å²) in [5.74, 6) is 0.739. The molecule has 0 saturated heterocycles. The number of nitrogen functional groups attached to an aromatic ring is 1. The quantitative estimate of drug-likeness (QED) is 0.684. The van der Waals surface area contributed by atoms with E-state index in [1.807, 2.05) is 37.0 Å². The van der Waals surface area contributed by atoms with E-state index in [4.69, 9.17) is 5.73 Å². The summed E-state index contributed by atoms with van der Waals surface area (Å²) in [4.78, 5) is 0. The molecule has 0 radical (unpaired) electrons. The van der Waals surface area contributed by atoms with E-state index in [1.165, 1.54) is 0 Å². The number of hydrogen-bond donors (Lipinski definition) is 2. The normalized spacial score (nSPS) is 11.2. The van der Waals surface area contributed by atoms with Crippen LogP contribution in [-0.4, -0.2) is 19.5 Å². The van der Waals surface area contributed by atoms with Gasteiger partial charge in [0.15, 0.2) is 0 Å². The Kier molecular flexibility index (Phi) is 2.10. The van der Waals surface area contributed by atoms with Crippen molar-refractivity contribution in [2.45, 2.75) is 0 Å². The van der Waals surface area contributed by atoms with Crippen LogP contribution in [0.5, 0.6) is 5.75 Å². The zero-order valence-corrected chi connectivity index (χ0v) is 10.3. The highest BCUT2D eigenvalue weighted by Crippen LogP contribution is 2.36. The topological polar surface area (TPSA) is 69.0 Å². The van der Waals surface area contributed by atoms with Gasteiger partial charge in [-0.1, -0.05) is 6.07 Å². The van der Waals surface area contributed by atoms with Crippen LogP contribution >= 0.6 is 0 Å². The second-order valence-corrected chi connectivity index (χ2v) is 4.40. The summed E-state index contributed by atoms with van der Waals surface area (Å²) in [6.07, 6.45) is 1.97. The summed E-state index contributed by atoms with van der Waals surface area (Å²) in [5, 5.41) is 15.0. The Balaban J connectivity index is 2.40. The zero-order valence-electron chi connectivity index (χ0n) is 10.3. The van der Waals surface area contributed by atoms with E-state index in [9.17, 15) is 5.11 Å². The van der Waals surface area contributed by atoms with Crippen LogP contribution in [0, 0.1) is 0 Å². The van der Waals surface area contributed by atoms with Gasteiger partial charge in [-0.15, -0.1) is 0 Å². The van der Waals surface area contributed by atoms with Crippen LogP contribution in [-0.2, 0) is 14.1 Å². The average molecular weight is 242 g/mol. The first-order valence-corrected chi connectivity index (χ1v) is 5.65.